The van der Waals surface area contributed by atoms with Gasteiger partial charge in [0.2, 0.25) is 15.9 Å². The van der Waals surface area contributed by atoms with Crippen LogP contribution >= 0.6 is 0 Å². The van der Waals surface area contributed by atoms with Gasteiger partial charge in [-0.1, -0.05) is 36.4 Å². The van der Waals surface area contributed by atoms with Crippen LogP contribution in [0.5, 0.6) is 0 Å². The summed E-state index contributed by atoms with van der Waals surface area (Å²) < 4.78 is 26.4. The van der Waals surface area contributed by atoms with E-state index in [1.54, 1.807) is 30.3 Å². The standard InChI is InChI=1S/C15H15N3O5S/c16-15(19)11-17(10-12-5-2-1-3-6-12)24(22,23)14-8-4-7-13(9-14)18(20)21/h1-9H,10-11H2,(H2,16,19). The Bertz CT molecular complexity index is 852. The predicted molar refractivity (Wildman–Crippen MR) is 86.3 cm³/mol. The van der Waals surface area contributed by atoms with E-state index in [4.69, 9.17) is 5.73 Å². The van der Waals surface area contributed by atoms with Crippen LogP contribution in [0.15, 0.2) is 59.5 Å². The number of nitrogens with two attached hydrogens (primary N) is 1. The van der Waals surface area contributed by atoms with E-state index in [9.17, 15) is 23.3 Å². The number of rotatable bonds is 7. The maximum Gasteiger partial charge on any atom is 0.270 e. The monoisotopic (exact) mass is 349 g/mol. The summed E-state index contributed by atoms with van der Waals surface area (Å²) in [6.45, 7) is -0.602. The number of nitro groups is 1. The molecular formula is C15H15N3O5S. The Morgan fingerprint density at radius 3 is 2.38 bits per heavy atom. The maximum atomic E-state index is 12.7. The molecule has 1 amide bonds. The van der Waals surface area contributed by atoms with Crippen LogP contribution in [0, 0.1) is 10.1 Å². The van der Waals surface area contributed by atoms with E-state index in [0.29, 0.717) is 5.56 Å². The van der Waals surface area contributed by atoms with Crippen LogP contribution in [0.3, 0.4) is 0 Å². The van der Waals surface area contributed by atoms with Crippen molar-refractivity contribution in [3.05, 3.63) is 70.3 Å². The second kappa shape index (κ2) is 7.20. The number of primary amides is 1. The summed E-state index contributed by atoms with van der Waals surface area (Å²) in [6.07, 6.45) is 0. The van der Waals surface area contributed by atoms with Crippen LogP contribution in [0.25, 0.3) is 0 Å². The highest BCUT2D eigenvalue weighted by Gasteiger charge is 2.27. The van der Waals surface area contributed by atoms with Crippen molar-refractivity contribution < 1.29 is 18.1 Å². The molecule has 2 aromatic carbocycles. The zero-order valence-electron chi connectivity index (χ0n) is 12.5. The number of non-ortho nitro benzene ring substituents is 1. The maximum absolute atomic E-state index is 12.7. The van der Waals surface area contributed by atoms with Gasteiger partial charge in [-0.2, -0.15) is 4.31 Å². The molecule has 126 valence electrons. The van der Waals surface area contributed by atoms with Gasteiger partial charge in [-0.25, -0.2) is 8.42 Å². The molecule has 0 aliphatic carbocycles. The van der Waals surface area contributed by atoms with Crippen LogP contribution in [0.4, 0.5) is 5.69 Å². The summed E-state index contributed by atoms with van der Waals surface area (Å²) in [5.41, 5.74) is 5.45. The quantitative estimate of drug-likeness (QED) is 0.595. The Morgan fingerprint density at radius 2 is 1.79 bits per heavy atom. The van der Waals surface area contributed by atoms with Crippen LogP contribution in [-0.2, 0) is 21.4 Å². The third-order valence-electron chi connectivity index (χ3n) is 3.20. The van der Waals surface area contributed by atoms with E-state index in [2.05, 4.69) is 0 Å². The smallest absolute Gasteiger partial charge is 0.270 e. The van der Waals surface area contributed by atoms with Crippen molar-refractivity contribution in [1.82, 2.24) is 4.31 Å². The van der Waals surface area contributed by atoms with E-state index in [-0.39, 0.29) is 17.1 Å². The summed E-state index contributed by atoms with van der Waals surface area (Å²) >= 11 is 0. The SMILES string of the molecule is NC(=O)CN(Cc1ccccc1)S(=O)(=O)c1cccc([N+](=O)[O-])c1. The molecule has 0 heterocycles. The molecule has 2 aromatic rings. The lowest BCUT2D eigenvalue weighted by molar-refractivity contribution is -0.385. The fraction of sp³-hybridized carbons (Fsp3) is 0.133. The zero-order chi connectivity index (χ0) is 17.7. The molecule has 0 unspecified atom stereocenters. The summed E-state index contributed by atoms with van der Waals surface area (Å²) in [7, 11) is -4.12. The molecule has 0 aliphatic rings. The number of hydrogen-bond acceptors (Lipinski definition) is 5. The molecule has 2 rings (SSSR count). The molecule has 0 radical (unpaired) electrons. The van der Waals surface area contributed by atoms with Gasteiger partial charge in [0, 0.05) is 18.7 Å². The van der Waals surface area contributed by atoms with E-state index in [1.165, 1.54) is 18.2 Å². The topological polar surface area (TPSA) is 124 Å². The van der Waals surface area contributed by atoms with Crippen LogP contribution < -0.4 is 5.73 Å². The summed E-state index contributed by atoms with van der Waals surface area (Å²) in [4.78, 5) is 21.1. The van der Waals surface area contributed by atoms with Gasteiger partial charge >= 0.3 is 0 Å². The number of benzene rings is 2. The lowest BCUT2D eigenvalue weighted by Crippen LogP contribution is -2.38. The molecule has 0 saturated heterocycles. The van der Waals surface area contributed by atoms with Crippen LogP contribution in [-0.4, -0.2) is 30.1 Å². The third-order valence-corrected chi connectivity index (χ3v) is 4.99. The first-order valence-corrected chi connectivity index (χ1v) is 8.31. The van der Waals surface area contributed by atoms with Gasteiger partial charge in [-0.05, 0) is 11.6 Å². The molecule has 0 aliphatic heterocycles. The third kappa shape index (κ3) is 4.15. The number of nitro benzene ring substituents is 1. The zero-order valence-corrected chi connectivity index (χ0v) is 13.3. The summed E-state index contributed by atoms with van der Waals surface area (Å²) in [6, 6.07) is 13.3. The highest BCUT2D eigenvalue weighted by atomic mass is 32.2. The molecule has 0 aromatic heterocycles. The minimum atomic E-state index is -4.12. The largest absolute Gasteiger partial charge is 0.369 e. The number of carbonyl (C=O) groups excluding carboxylic acids is 1. The minimum Gasteiger partial charge on any atom is -0.369 e. The number of hydrogen-bond donors (Lipinski definition) is 1. The van der Waals surface area contributed by atoms with Gasteiger partial charge in [0.1, 0.15) is 0 Å². The molecule has 0 atom stereocenters. The molecule has 0 fully saturated rings. The average molecular weight is 349 g/mol. The van der Waals surface area contributed by atoms with Gasteiger partial charge in [-0.3, -0.25) is 14.9 Å². The second-order valence-corrected chi connectivity index (χ2v) is 6.92. The van der Waals surface area contributed by atoms with Crippen molar-refractivity contribution in [3.8, 4) is 0 Å². The fourth-order valence-electron chi connectivity index (χ4n) is 2.09. The molecular weight excluding hydrogens is 334 g/mol. The van der Waals surface area contributed by atoms with Gasteiger partial charge < -0.3 is 5.73 Å². The average Bonchev–Trinajstić information content (AvgIpc) is 2.55. The Morgan fingerprint density at radius 1 is 1.12 bits per heavy atom. The van der Waals surface area contributed by atoms with Crippen LogP contribution in [0.2, 0.25) is 0 Å². The van der Waals surface area contributed by atoms with Crippen molar-refractivity contribution in [2.24, 2.45) is 5.73 Å². The van der Waals surface area contributed by atoms with E-state index in [0.717, 1.165) is 10.4 Å². The molecule has 0 bridgehead atoms. The number of carbonyl (C=O) groups is 1. The normalized spacial score (nSPS) is 11.4. The van der Waals surface area contributed by atoms with Gasteiger partial charge in [0.05, 0.1) is 16.4 Å². The van der Waals surface area contributed by atoms with E-state index < -0.39 is 27.4 Å². The number of amides is 1. The van der Waals surface area contributed by atoms with Crippen molar-refractivity contribution in [3.63, 3.8) is 0 Å². The lowest BCUT2D eigenvalue weighted by Gasteiger charge is -2.20. The predicted octanol–water partition coefficient (Wildman–Crippen LogP) is 1.27. The van der Waals surface area contributed by atoms with Crippen molar-refractivity contribution in [1.29, 1.82) is 0 Å². The van der Waals surface area contributed by atoms with Gasteiger partial charge in [0.15, 0.2) is 0 Å². The highest BCUT2D eigenvalue weighted by Crippen LogP contribution is 2.22. The van der Waals surface area contributed by atoms with Crippen molar-refractivity contribution in [2.45, 2.75) is 11.4 Å². The highest BCUT2D eigenvalue weighted by molar-refractivity contribution is 7.89. The van der Waals surface area contributed by atoms with Crippen molar-refractivity contribution >= 4 is 21.6 Å². The van der Waals surface area contributed by atoms with E-state index in [1.807, 2.05) is 0 Å². The Hall–Kier alpha value is -2.78. The summed E-state index contributed by atoms with van der Waals surface area (Å²) in [5, 5.41) is 10.8. The fourth-order valence-corrected chi connectivity index (χ4v) is 3.53. The molecule has 24 heavy (non-hydrogen) atoms. The first kappa shape index (κ1) is 17.6. The minimum absolute atomic E-state index is 0.0746. The lowest BCUT2D eigenvalue weighted by atomic mass is 10.2. The van der Waals surface area contributed by atoms with Gasteiger partial charge in [-0.15, -0.1) is 0 Å². The second-order valence-electron chi connectivity index (χ2n) is 4.98. The Balaban J connectivity index is 2.41. The number of nitrogens with zero attached hydrogens (tertiary/aromatic N) is 2. The number of sulfonamides is 1. The van der Waals surface area contributed by atoms with E-state index >= 15 is 0 Å². The first-order valence-electron chi connectivity index (χ1n) is 6.87. The Kier molecular flexibility index (Phi) is 5.27. The molecule has 2 N–H and O–H groups in total. The molecule has 0 spiro atoms. The molecule has 9 heteroatoms. The molecule has 8 nitrogen and oxygen atoms in total. The Labute approximate surface area is 138 Å². The van der Waals surface area contributed by atoms with Crippen molar-refractivity contribution in [2.75, 3.05) is 6.54 Å². The van der Waals surface area contributed by atoms with Gasteiger partial charge in [0.25, 0.3) is 5.69 Å². The van der Waals surface area contributed by atoms with Crippen LogP contribution in [0.1, 0.15) is 5.56 Å². The molecule has 0 saturated carbocycles. The summed E-state index contributed by atoms with van der Waals surface area (Å²) in [5.74, 6) is -0.820. The first-order chi connectivity index (χ1) is 11.3.